The van der Waals surface area contributed by atoms with Gasteiger partial charge in [0.05, 0.1) is 6.61 Å². The van der Waals surface area contributed by atoms with Gasteiger partial charge >= 0.3 is 6.09 Å². The lowest BCUT2D eigenvalue weighted by atomic mass is 9.58. The first kappa shape index (κ1) is 13.7. The average Bonchev–Trinajstić information content (AvgIpc) is 2.25. The van der Waals surface area contributed by atoms with Gasteiger partial charge in [-0.1, -0.05) is 20.8 Å². The lowest BCUT2D eigenvalue weighted by molar-refractivity contribution is -0.125. The Morgan fingerprint density at radius 2 is 2.00 bits per heavy atom. The Balaban J connectivity index is 2.14. The maximum Gasteiger partial charge on any atom is 0.410 e. The smallest absolute Gasteiger partial charge is 0.410 e. The van der Waals surface area contributed by atoms with Crippen LogP contribution in [0.4, 0.5) is 4.79 Å². The fourth-order valence-electron chi connectivity index (χ4n) is 3.85. The lowest BCUT2D eigenvalue weighted by Crippen LogP contribution is -2.72. The Labute approximate surface area is 110 Å². The summed E-state index contributed by atoms with van der Waals surface area (Å²) >= 11 is 0. The first-order valence-electron chi connectivity index (χ1n) is 7.05. The Morgan fingerprint density at radius 1 is 1.39 bits per heavy atom. The minimum absolute atomic E-state index is 0.113. The van der Waals surface area contributed by atoms with Crippen molar-refractivity contribution in [2.45, 2.75) is 46.6 Å². The van der Waals surface area contributed by atoms with Crippen LogP contribution in [0.3, 0.4) is 0 Å². The quantitative estimate of drug-likeness (QED) is 0.780. The zero-order valence-electron chi connectivity index (χ0n) is 12.1. The number of rotatable bonds is 1. The largest absolute Gasteiger partial charge is 0.450 e. The monoisotopic (exact) mass is 254 g/mol. The van der Waals surface area contributed by atoms with Crippen LogP contribution < -0.4 is 5.32 Å². The standard InChI is InChI=1S/C14H26N2O2/c1-5-18-12(17)16-10-14(6-8-15-9-7-14)11(16)13(2,3)4/h11,15H,5-10H2,1-4H3. The molecule has 1 atom stereocenters. The van der Waals surface area contributed by atoms with Crippen molar-refractivity contribution < 1.29 is 9.53 Å². The van der Waals surface area contributed by atoms with E-state index in [1.807, 2.05) is 11.8 Å². The molecule has 0 saturated carbocycles. The van der Waals surface area contributed by atoms with Crippen molar-refractivity contribution in [1.29, 1.82) is 0 Å². The van der Waals surface area contributed by atoms with E-state index in [4.69, 9.17) is 4.74 Å². The molecular weight excluding hydrogens is 228 g/mol. The lowest BCUT2D eigenvalue weighted by Gasteiger charge is -2.63. The molecule has 18 heavy (non-hydrogen) atoms. The van der Waals surface area contributed by atoms with Crippen LogP contribution >= 0.6 is 0 Å². The maximum absolute atomic E-state index is 12.0. The van der Waals surface area contributed by atoms with Crippen molar-refractivity contribution >= 4 is 6.09 Å². The van der Waals surface area contributed by atoms with Gasteiger partial charge in [0.2, 0.25) is 0 Å². The van der Waals surface area contributed by atoms with Crippen LogP contribution in [0, 0.1) is 10.8 Å². The Morgan fingerprint density at radius 3 is 2.50 bits per heavy atom. The summed E-state index contributed by atoms with van der Waals surface area (Å²) in [7, 11) is 0. The molecule has 2 rings (SSSR count). The van der Waals surface area contributed by atoms with Gasteiger partial charge in [0.15, 0.2) is 0 Å². The number of ether oxygens (including phenoxy) is 1. The molecule has 0 aromatic heterocycles. The molecule has 1 amide bonds. The highest BCUT2D eigenvalue weighted by atomic mass is 16.6. The fourth-order valence-corrected chi connectivity index (χ4v) is 3.85. The molecule has 2 aliphatic heterocycles. The third-order valence-electron chi connectivity index (χ3n) is 4.30. The van der Waals surface area contributed by atoms with Gasteiger partial charge < -0.3 is 15.0 Å². The van der Waals surface area contributed by atoms with Crippen molar-refractivity contribution in [3.8, 4) is 0 Å². The van der Waals surface area contributed by atoms with Gasteiger partial charge in [-0.2, -0.15) is 0 Å². The molecule has 4 nitrogen and oxygen atoms in total. The number of carbonyl (C=O) groups excluding carboxylic acids is 1. The molecule has 0 bridgehead atoms. The number of nitrogens with zero attached hydrogens (tertiary/aromatic N) is 1. The molecular formula is C14H26N2O2. The van der Waals surface area contributed by atoms with E-state index in [0.29, 0.717) is 18.1 Å². The van der Waals surface area contributed by atoms with Gasteiger partial charge in [-0.3, -0.25) is 0 Å². The number of hydrogen-bond acceptors (Lipinski definition) is 3. The highest BCUT2D eigenvalue weighted by molar-refractivity contribution is 5.70. The molecule has 0 aromatic carbocycles. The number of likely N-dealkylation sites (tertiary alicyclic amines) is 1. The van der Waals surface area contributed by atoms with Crippen molar-refractivity contribution in [1.82, 2.24) is 10.2 Å². The van der Waals surface area contributed by atoms with Gasteiger partial charge in [-0.15, -0.1) is 0 Å². The van der Waals surface area contributed by atoms with E-state index in [2.05, 4.69) is 26.1 Å². The molecule has 104 valence electrons. The predicted octanol–water partition coefficient (Wildman–Crippen LogP) is 2.24. The highest BCUT2D eigenvalue weighted by Gasteiger charge is 2.58. The Hall–Kier alpha value is -0.770. The molecule has 0 radical (unpaired) electrons. The van der Waals surface area contributed by atoms with Gasteiger partial charge in [0.1, 0.15) is 0 Å². The van der Waals surface area contributed by atoms with Crippen molar-refractivity contribution in [3.63, 3.8) is 0 Å². The summed E-state index contributed by atoms with van der Waals surface area (Å²) < 4.78 is 5.18. The SMILES string of the molecule is CCOC(=O)N1CC2(CCNCC2)C1C(C)(C)C. The predicted molar refractivity (Wildman–Crippen MR) is 71.5 cm³/mol. The van der Waals surface area contributed by atoms with E-state index >= 15 is 0 Å². The molecule has 0 aromatic rings. The van der Waals surface area contributed by atoms with Crippen molar-refractivity contribution in [2.24, 2.45) is 10.8 Å². The topological polar surface area (TPSA) is 41.6 Å². The fraction of sp³-hybridized carbons (Fsp3) is 0.929. The summed E-state index contributed by atoms with van der Waals surface area (Å²) in [6.07, 6.45) is 2.21. The second-order valence-electron chi connectivity index (χ2n) is 6.71. The molecule has 4 heteroatoms. The summed E-state index contributed by atoms with van der Waals surface area (Å²) in [6, 6.07) is 0.311. The maximum atomic E-state index is 12.0. The Kier molecular flexibility index (Phi) is 3.58. The van der Waals surface area contributed by atoms with E-state index in [1.165, 1.54) is 12.8 Å². The third-order valence-corrected chi connectivity index (χ3v) is 4.30. The number of piperidine rings is 1. The van der Waals surface area contributed by atoms with E-state index in [9.17, 15) is 4.79 Å². The van der Waals surface area contributed by atoms with Crippen LogP contribution in [0.15, 0.2) is 0 Å². The number of nitrogens with one attached hydrogen (secondary N) is 1. The molecule has 1 unspecified atom stereocenters. The number of carbonyl (C=O) groups is 1. The first-order chi connectivity index (χ1) is 8.41. The first-order valence-corrected chi connectivity index (χ1v) is 7.05. The summed E-state index contributed by atoms with van der Waals surface area (Å²) in [5.74, 6) is 0. The van der Waals surface area contributed by atoms with Crippen LogP contribution in [0.1, 0.15) is 40.5 Å². The normalized spacial score (nSPS) is 26.9. The van der Waals surface area contributed by atoms with Gasteiger partial charge in [0, 0.05) is 18.0 Å². The molecule has 0 aliphatic carbocycles. The van der Waals surface area contributed by atoms with Crippen LogP contribution in [0.2, 0.25) is 0 Å². The molecule has 1 spiro atoms. The van der Waals surface area contributed by atoms with E-state index < -0.39 is 0 Å². The molecule has 1 N–H and O–H groups in total. The van der Waals surface area contributed by atoms with Crippen LogP contribution in [0.25, 0.3) is 0 Å². The van der Waals surface area contributed by atoms with Crippen molar-refractivity contribution in [3.05, 3.63) is 0 Å². The van der Waals surface area contributed by atoms with Crippen LogP contribution in [-0.2, 0) is 4.74 Å². The molecule has 2 heterocycles. The molecule has 2 aliphatic rings. The van der Waals surface area contributed by atoms with Gasteiger partial charge in [-0.05, 0) is 38.3 Å². The third kappa shape index (κ3) is 2.22. The minimum atomic E-state index is -0.137. The summed E-state index contributed by atoms with van der Waals surface area (Å²) in [6.45, 7) is 12.0. The van der Waals surface area contributed by atoms with E-state index in [-0.39, 0.29) is 11.5 Å². The summed E-state index contributed by atoms with van der Waals surface area (Å²) in [5, 5.41) is 3.41. The summed E-state index contributed by atoms with van der Waals surface area (Å²) in [5.41, 5.74) is 0.429. The zero-order chi connectivity index (χ0) is 13.4. The van der Waals surface area contributed by atoms with Gasteiger partial charge in [-0.25, -0.2) is 4.79 Å². The minimum Gasteiger partial charge on any atom is -0.450 e. The molecule has 2 fully saturated rings. The molecule has 2 saturated heterocycles. The average molecular weight is 254 g/mol. The van der Waals surface area contributed by atoms with Crippen LogP contribution in [0.5, 0.6) is 0 Å². The second kappa shape index (κ2) is 4.72. The second-order valence-corrected chi connectivity index (χ2v) is 6.71. The van der Waals surface area contributed by atoms with Crippen LogP contribution in [-0.4, -0.2) is 43.3 Å². The van der Waals surface area contributed by atoms with E-state index in [0.717, 1.165) is 19.6 Å². The van der Waals surface area contributed by atoms with Gasteiger partial charge in [0.25, 0.3) is 0 Å². The highest BCUT2D eigenvalue weighted by Crippen LogP contribution is 2.52. The van der Waals surface area contributed by atoms with E-state index in [1.54, 1.807) is 0 Å². The number of amides is 1. The van der Waals surface area contributed by atoms with Crippen molar-refractivity contribution in [2.75, 3.05) is 26.2 Å². The zero-order valence-corrected chi connectivity index (χ0v) is 12.1. The summed E-state index contributed by atoms with van der Waals surface area (Å²) in [4.78, 5) is 13.9. The Bertz CT molecular complexity index is 316. The number of hydrogen-bond donors (Lipinski definition) is 1.